The molecule has 7 heteroatoms. The molecule has 2 heterocycles. The summed E-state index contributed by atoms with van der Waals surface area (Å²) in [4.78, 5) is 34.7. The lowest BCUT2D eigenvalue weighted by Crippen LogP contribution is -2.40. The summed E-state index contributed by atoms with van der Waals surface area (Å²) in [6, 6.07) is 0. The molecular weight excluding hydrogens is 320 g/mol. The third kappa shape index (κ3) is 6.42. The van der Waals surface area contributed by atoms with Crippen LogP contribution in [0, 0.1) is 12.8 Å². The number of carbonyl (C=O) groups excluding carboxylic acids is 2. The third-order valence-corrected chi connectivity index (χ3v) is 4.05. The summed E-state index contributed by atoms with van der Waals surface area (Å²) in [6.07, 6.45) is 5.30. The highest BCUT2D eigenvalue weighted by Gasteiger charge is 2.24. The molecule has 0 aromatic carbocycles. The number of amides is 2. The van der Waals surface area contributed by atoms with Gasteiger partial charge in [-0.05, 0) is 25.7 Å². The van der Waals surface area contributed by atoms with Gasteiger partial charge in [0.1, 0.15) is 5.69 Å². The number of aryl methyl sites for hydroxylation is 1. The molecular formula is C18H28N4O3. The summed E-state index contributed by atoms with van der Waals surface area (Å²) >= 11 is 0. The molecule has 1 fully saturated rings. The van der Waals surface area contributed by atoms with Crippen molar-refractivity contribution in [3.63, 3.8) is 0 Å². The SMILES string of the molecule is Cc1cnc(C(=O)N(CCC(=O)NCC(C)C)C[C@H]2CCCO2)cn1. The summed E-state index contributed by atoms with van der Waals surface area (Å²) in [5.41, 5.74) is 1.06. The molecule has 1 atom stereocenters. The molecule has 0 saturated carbocycles. The van der Waals surface area contributed by atoms with Crippen LogP contribution in [0.4, 0.5) is 0 Å². The fourth-order valence-electron chi connectivity index (χ4n) is 2.62. The second-order valence-corrected chi connectivity index (χ2v) is 6.88. The van der Waals surface area contributed by atoms with E-state index in [0.29, 0.717) is 31.2 Å². The first kappa shape index (κ1) is 19.3. The number of ether oxygens (including phenoxy) is 1. The lowest BCUT2D eigenvalue weighted by atomic mass is 10.2. The number of hydrogen-bond donors (Lipinski definition) is 1. The fourth-order valence-corrected chi connectivity index (χ4v) is 2.62. The Bertz CT molecular complexity index is 568. The number of nitrogens with one attached hydrogen (secondary N) is 1. The van der Waals surface area contributed by atoms with Gasteiger partial charge in [0.25, 0.3) is 5.91 Å². The Morgan fingerprint density at radius 2 is 2.16 bits per heavy atom. The molecule has 1 N–H and O–H groups in total. The van der Waals surface area contributed by atoms with Gasteiger partial charge in [0, 0.05) is 38.9 Å². The molecule has 1 saturated heterocycles. The van der Waals surface area contributed by atoms with Crippen molar-refractivity contribution in [1.29, 1.82) is 0 Å². The van der Waals surface area contributed by atoms with Crippen molar-refractivity contribution in [2.75, 3.05) is 26.2 Å². The molecule has 138 valence electrons. The van der Waals surface area contributed by atoms with E-state index in [0.717, 1.165) is 25.1 Å². The fraction of sp³-hybridized carbons (Fsp3) is 0.667. The van der Waals surface area contributed by atoms with E-state index in [1.165, 1.54) is 6.20 Å². The van der Waals surface area contributed by atoms with E-state index in [2.05, 4.69) is 15.3 Å². The first-order valence-corrected chi connectivity index (χ1v) is 8.92. The number of hydrogen-bond acceptors (Lipinski definition) is 5. The summed E-state index contributed by atoms with van der Waals surface area (Å²) in [7, 11) is 0. The first-order valence-electron chi connectivity index (χ1n) is 8.92. The lowest BCUT2D eigenvalue weighted by molar-refractivity contribution is -0.121. The molecule has 2 amide bonds. The van der Waals surface area contributed by atoms with Crippen LogP contribution < -0.4 is 5.32 Å². The zero-order valence-electron chi connectivity index (χ0n) is 15.3. The average molecular weight is 348 g/mol. The van der Waals surface area contributed by atoms with Crippen molar-refractivity contribution in [2.45, 2.75) is 46.1 Å². The predicted octanol–water partition coefficient (Wildman–Crippen LogP) is 1.57. The summed E-state index contributed by atoms with van der Waals surface area (Å²) in [6.45, 7) is 8.11. The van der Waals surface area contributed by atoms with Crippen LogP contribution in [-0.2, 0) is 9.53 Å². The maximum atomic E-state index is 12.8. The van der Waals surface area contributed by atoms with Crippen molar-refractivity contribution in [3.05, 3.63) is 23.8 Å². The van der Waals surface area contributed by atoms with Gasteiger partial charge in [0.15, 0.2) is 0 Å². The van der Waals surface area contributed by atoms with Gasteiger partial charge < -0.3 is 15.0 Å². The van der Waals surface area contributed by atoms with E-state index in [1.54, 1.807) is 11.1 Å². The molecule has 2 rings (SSSR count). The van der Waals surface area contributed by atoms with Gasteiger partial charge in [0.05, 0.1) is 18.0 Å². The Morgan fingerprint density at radius 3 is 2.76 bits per heavy atom. The highest BCUT2D eigenvalue weighted by atomic mass is 16.5. The molecule has 0 bridgehead atoms. The Kier molecular flexibility index (Phi) is 7.31. The second-order valence-electron chi connectivity index (χ2n) is 6.88. The molecule has 1 aromatic heterocycles. The van der Waals surface area contributed by atoms with Gasteiger partial charge in [-0.3, -0.25) is 14.6 Å². The van der Waals surface area contributed by atoms with E-state index in [1.807, 2.05) is 20.8 Å². The van der Waals surface area contributed by atoms with Crippen LogP contribution in [0.1, 0.15) is 49.3 Å². The minimum Gasteiger partial charge on any atom is -0.376 e. The zero-order chi connectivity index (χ0) is 18.2. The molecule has 0 unspecified atom stereocenters. The molecule has 0 radical (unpaired) electrons. The topological polar surface area (TPSA) is 84.4 Å². The molecule has 7 nitrogen and oxygen atoms in total. The summed E-state index contributed by atoms with van der Waals surface area (Å²) < 4.78 is 5.64. The van der Waals surface area contributed by atoms with Crippen LogP contribution in [0.25, 0.3) is 0 Å². The predicted molar refractivity (Wildman–Crippen MR) is 94.1 cm³/mol. The van der Waals surface area contributed by atoms with Gasteiger partial charge in [-0.15, -0.1) is 0 Å². The lowest BCUT2D eigenvalue weighted by Gasteiger charge is -2.25. The number of carbonyl (C=O) groups is 2. The van der Waals surface area contributed by atoms with Crippen molar-refractivity contribution < 1.29 is 14.3 Å². The summed E-state index contributed by atoms with van der Waals surface area (Å²) in [5, 5.41) is 2.88. The molecule has 1 aliphatic heterocycles. The monoisotopic (exact) mass is 348 g/mol. The maximum Gasteiger partial charge on any atom is 0.274 e. The number of aromatic nitrogens is 2. The molecule has 1 aliphatic rings. The Balaban J connectivity index is 1.97. The normalized spacial score (nSPS) is 16.9. The molecule has 0 aliphatic carbocycles. The molecule has 25 heavy (non-hydrogen) atoms. The average Bonchev–Trinajstić information content (AvgIpc) is 3.10. The van der Waals surface area contributed by atoms with E-state index < -0.39 is 0 Å². The summed E-state index contributed by atoms with van der Waals surface area (Å²) in [5.74, 6) is 0.143. The van der Waals surface area contributed by atoms with Crippen LogP contribution in [0.5, 0.6) is 0 Å². The zero-order valence-corrected chi connectivity index (χ0v) is 15.3. The van der Waals surface area contributed by atoms with Gasteiger partial charge in [0.2, 0.25) is 5.91 Å². The van der Waals surface area contributed by atoms with Crippen molar-refractivity contribution >= 4 is 11.8 Å². The standard InChI is InChI=1S/C18H28N4O3/c1-13(2)9-21-17(23)6-7-22(12-15-5-4-8-25-15)18(24)16-11-19-14(3)10-20-16/h10-11,13,15H,4-9,12H2,1-3H3,(H,21,23)/t15-/m1/s1. The highest BCUT2D eigenvalue weighted by molar-refractivity contribution is 5.92. The minimum absolute atomic E-state index is 0.0288. The van der Waals surface area contributed by atoms with E-state index in [4.69, 9.17) is 4.74 Å². The highest BCUT2D eigenvalue weighted by Crippen LogP contribution is 2.15. The smallest absolute Gasteiger partial charge is 0.274 e. The maximum absolute atomic E-state index is 12.8. The quantitative estimate of drug-likeness (QED) is 0.771. The molecule has 0 spiro atoms. The number of rotatable bonds is 8. The number of nitrogens with zero attached hydrogens (tertiary/aromatic N) is 3. The van der Waals surface area contributed by atoms with Crippen LogP contribution >= 0.6 is 0 Å². The van der Waals surface area contributed by atoms with Crippen molar-refractivity contribution in [1.82, 2.24) is 20.2 Å². The Labute approximate surface area is 149 Å². The molecule has 1 aromatic rings. The minimum atomic E-state index is -0.209. The Hall–Kier alpha value is -2.02. The van der Waals surface area contributed by atoms with Gasteiger partial charge in [-0.25, -0.2) is 4.98 Å². The van der Waals surface area contributed by atoms with Crippen LogP contribution in [0.2, 0.25) is 0 Å². The second kappa shape index (κ2) is 9.46. The first-order chi connectivity index (χ1) is 12.0. The van der Waals surface area contributed by atoms with Crippen molar-refractivity contribution in [2.24, 2.45) is 5.92 Å². The largest absolute Gasteiger partial charge is 0.376 e. The van der Waals surface area contributed by atoms with E-state index in [-0.39, 0.29) is 24.3 Å². The van der Waals surface area contributed by atoms with Gasteiger partial charge >= 0.3 is 0 Å². The van der Waals surface area contributed by atoms with E-state index >= 15 is 0 Å². The van der Waals surface area contributed by atoms with Gasteiger partial charge in [-0.2, -0.15) is 0 Å². The third-order valence-electron chi connectivity index (χ3n) is 4.05. The van der Waals surface area contributed by atoms with E-state index in [9.17, 15) is 9.59 Å². The van der Waals surface area contributed by atoms with Crippen LogP contribution in [0.15, 0.2) is 12.4 Å². The van der Waals surface area contributed by atoms with Crippen LogP contribution in [0.3, 0.4) is 0 Å². The Morgan fingerprint density at radius 1 is 1.36 bits per heavy atom. The van der Waals surface area contributed by atoms with Gasteiger partial charge in [-0.1, -0.05) is 13.8 Å². The van der Waals surface area contributed by atoms with Crippen molar-refractivity contribution in [3.8, 4) is 0 Å². The van der Waals surface area contributed by atoms with Crippen LogP contribution in [-0.4, -0.2) is 59.0 Å².